The lowest BCUT2D eigenvalue weighted by atomic mass is 9.79. The van der Waals surface area contributed by atoms with Crippen LogP contribution in [-0.4, -0.2) is 21.3 Å². The highest BCUT2D eigenvalue weighted by Gasteiger charge is 2.27. The van der Waals surface area contributed by atoms with E-state index in [1.807, 2.05) is 0 Å². The summed E-state index contributed by atoms with van der Waals surface area (Å²) >= 11 is 0. The first-order valence-corrected chi connectivity index (χ1v) is 7.31. The zero-order chi connectivity index (χ0) is 13.0. The van der Waals surface area contributed by atoms with Crippen molar-refractivity contribution in [3.8, 4) is 0 Å². The van der Waals surface area contributed by atoms with Crippen molar-refractivity contribution in [2.45, 2.75) is 59.0 Å². The van der Waals surface area contributed by atoms with E-state index in [4.69, 9.17) is 0 Å². The molecule has 0 aromatic carbocycles. The van der Waals surface area contributed by atoms with E-state index in [9.17, 15) is 0 Å². The fourth-order valence-corrected chi connectivity index (χ4v) is 2.82. The minimum atomic E-state index is 0.553. The first kappa shape index (κ1) is 13.5. The third-order valence-corrected chi connectivity index (χ3v) is 4.27. The Morgan fingerprint density at radius 3 is 2.89 bits per heavy atom. The molecule has 4 nitrogen and oxygen atoms in total. The normalized spacial score (nSPS) is 28.5. The molecule has 0 saturated heterocycles. The van der Waals surface area contributed by atoms with Crippen LogP contribution in [0, 0.1) is 11.8 Å². The zero-order valence-electron chi connectivity index (χ0n) is 11.9. The molecule has 1 aromatic rings. The van der Waals surface area contributed by atoms with Gasteiger partial charge in [-0.3, -0.25) is 0 Å². The molecule has 1 fully saturated rings. The van der Waals surface area contributed by atoms with Gasteiger partial charge in [-0.05, 0) is 44.1 Å². The van der Waals surface area contributed by atoms with E-state index in [2.05, 4.69) is 40.9 Å². The molecule has 18 heavy (non-hydrogen) atoms. The average molecular weight is 250 g/mol. The first-order valence-electron chi connectivity index (χ1n) is 7.31. The summed E-state index contributed by atoms with van der Waals surface area (Å²) in [5.41, 5.74) is 0. The maximum absolute atomic E-state index is 4.44. The predicted molar refractivity (Wildman–Crippen MR) is 73.2 cm³/mol. The van der Waals surface area contributed by atoms with E-state index in [0.717, 1.165) is 37.2 Å². The molecule has 4 heteroatoms. The molecule has 1 aliphatic carbocycles. The van der Waals surface area contributed by atoms with Gasteiger partial charge in [0.2, 0.25) is 0 Å². The van der Waals surface area contributed by atoms with Gasteiger partial charge in [-0.2, -0.15) is 5.10 Å². The summed E-state index contributed by atoms with van der Waals surface area (Å²) in [6.07, 6.45) is 6.66. The molecule has 0 bridgehead atoms. The number of nitrogens with zero attached hydrogens (tertiary/aromatic N) is 3. The van der Waals surface area contributed by atoms with Crippen LogP contribution in [0.15, 0.2) is 6.33 Å². The predicted octanol–water partition coefficient (Wildman–Crippen LogP) is 2.77. The molecule has 1 heterocycles. The molecule has 1 saturated carbocycles. The molecule has 3 unspecified atom stereocenters. The molecule has 0 aliphatic heterocycles. The average Bonchev–Trinajstić information content (AvgIpc) is 2.81. The highest BCUT2D eigenvalue weighted by Crippen LogP contribution is 2.36. The van der Waals surface area contributed by atoms with Crippen LogP contribution in [-0.2, 0) is 6.54 Å². The van der Waals surface area contributed by atoms with Crippen LogP contribution in [0.25, 0.3) is 0 Å². The van der Waals surface area contributed by atoms with Gasteiger partial charge in [0.1, 0.15) is 12.2 Å². The van der Waals surface area contributed by atoms with Crippen LogP contribution in [0.4, 0.5) is 0 Å². The second kappa shape index (κ2) is 6.32. The summed E-state index contributed by atoms with van der Waals surface area (Å²) in [4.78, 5) is 4.40. The van der Waals surface area contributed by atoms with E-state index in [1.165, 1.54) is 19.3 Å². The molecule has 0 amide bonds. The third-order valence-electron chi connectivity index (χ3n) is 4.27. The second-order valence-corrected chi connectivity index (χ2v) is 5.72. The lowest BCUT2D eigenvalue weighted by molar-refractivity contribution is 0.197. The summed E-state index contributed by atoms with van der Waals surface area (Å²) in [6, 6.07) is 0.553. The Morgan fingerprint density at radius 2 is 2.17 bits per heavy atom. The minimum absolute atomic E-state index is 0.553. The quantitative estimate of drug-likeness (QED) is 0.817. The highest BCUT2D eigenvalue weighted by atomic mass is 15.4. The Labute approximate surface area is 110 Å². The monoisotopic (exact) mass is 250 g/mol. The van der Waals surface area contributed by atoms with Crippen LogP contribution in [0.5, 0.6) is 0 Å². The zero-order valence-corrected chi connectivity index (χ0v) is 11.9. The Balaban J connectivity index is 1.98. The maximum Gasteiger partial charge on any atom is 0.141 e. The maximum atomic E-state index is 4.44. The molecular formula is C14H26N4. The van der Waals surface area contributed by atoms with Crippen molar-refractivity contribution < 1.29 is 0 Å². The summed E-state index contributed by atoms with van der Waals surface area (Å²) in [7, 11) is 0. The van der Waals surface area contributed by atoms with Crippen molar-refractivity contribution in [3.63, 3.8) is 0 Å². The molecule has 2 rings (SSSR count). The Morgan fingerprint density at radius 1 is 1.33 bits per heavy atom. The largest absolute Gasteiger partial charge is 0.310 e. The number of nitrogens with one attached hydrogen (secondary N) is 1. The SMILES string of the molecule is CCCNCc1ncnn1C1CCC(C)C(C)C1. The van der Waals surface area contributed by atoms with Crippen molar-refractivity contribution in [1.82, 2.24) is 20.1 Å². The molecule has 3 atom stereocenters. The van der Waals surface area contributed by atoms with Gasteiger partial charge in [0, 0.05) is 0 Å². The highest BCUT2D eigenvalue weighted by molar-refractivity contribution is 4.90. The standard InChI is InChI=1S/C14H26N4/c1-4-7-15-9-14-16-10-17-18(14)13-6-5-11(2)12(3)8-13/h10-13,15H,4-9H2,1-3H3. The van der Waals surface area contributed by atoms with Crippen LogP contribution < -0.4 is 5.32 Å². The first-order chi connectivity index (χ1) is 8.72. The van der Waals surface area contributed by atoms with Crippen molar-refractivity contribution in [2.24, 2.45) is 11.8 Å². The van der Waals surface area contributed by atoms with Gasteiger partial charge in [-0.1, -0.05) is 20.8 Å². The lowest BCUT2D eigenvalue weighted by Crippen LogP contribution is -2.27. The molecule has 102 valence electrons. The number of hydrogen-bond acceptors (Lipinski definition) is 3. The fraction of sp³-hybridized carbons (Fsp3) is 0.857. The van der Waals surface area contributed by atoms with E-state index in [1.54, 1.807) is 6.33 Å². The van der Waals surface area contributed by atoms with Crippen LogP contribution in [0.1, 0.15) is 58.3 Å². The van der Waals surface area contributed by atoms with Gasteiger partial charge in [0.05, 0.1) is 12.6 Å². The molecule has 1 N–H and O–H groups in total. The van der Waals surface area contributed by atoms with Gasteiger partial charge >= 0.3 is 0 Å². The van der Waals surface area contributed by atoms with Crippen molar-refractivity contribution in [2.75, 3.05) is 6.54 Å². The fourth-order valence-electron chi connectivity index (χ4n) is 2.82. The van der Waals surface area contributed by atoms with Gasteiger partial charge in [-0.15, -0.1) is 0 Å². The number of rotatable bonds is 5. The molecule has 1 aliphatic rings. The van der Waals surface area contributed by atoms with Gasteiger partial charge in [0.25, 0.3) is 0 Å². The third kappa shape index (κ3) is 3.10. The molecule has 1 aromatic heterocycles. The number of aromatic nitrogens is 3. The minimum Gasteiger partial charge on any atom is -0.310 e. The van der Waals surface area contributed by atoms with E-state index in [-0.39, 0.29) is 0 Å². The summed E-state index contributed by atoms with van der Waals surface area (Å²) in [6.45, 7) is 8.80. The molecular weight excluding hydrogens is 224 g/mol. The van der Waals surface area contributed by atoms with Gasteiger partial charge < -0.3 is 5.32 Å². The van der Waals surface area contributed by atoms with Gasteiger partial charge in [0.15, 0.2) is 0 Å². The van der Waals surface area contributed by atoms with E-state index in [0.29, 0.717) is 6.04 Å². The second-order valence-electron chi connectivity index (χ2n) is 5.72. The van der Waals surface area contributed by atoms with Gasteiger partial charge in [-0.25, -0.2) is 9.67 Å². The topological polar surface area (TPSA) is 42.7 Å². The van der Waals surface area contributed by atoms with Crippen LogP contribution in [0.3, 0.4) is 0 Å². The Hall–Kier alpha value is -0.900. The summed E-state index contributed by atoms with van der Waals surface area (Å²) in [5.74, 6) is 2.74. The van der Waals surface area contributed by atoms with Crippen molar-refractivity contribution in [3.05, 3.63) is 12.2 Å². The van der Waals surface area contributed by atoms with Crippen molar-refractivity contribution in [1.29, 1.82) is 0 Å². The Kier molecular flexibility index (Phi) is 4.75. The Bertz CT molecular complexity index is 360. The number of hydrogen-bond donors (Lipinski definition) is 1. The van der Waals surface area contributed by atoms with E-state index >= 15 is 0 Å². The van der Waals surface area contributed by atoms with E-state index < -0.39 is 0 Å². The van der Waals surface area contributed by atoms with Crippen molar-refractivity contribution >= 4 is 0 Å². The van der Waals surface area contributed by atoms with Crippen LogP contribution >= 0.6 is 0 Å². The summed E-state index contributed by atoms with van der Waals surface area (Å²) < 4.78 is 2.16. The molecule has 0 radical (unpaired) electrons. The summed E-state index contributed by atoms with van der Waals surface area (Å²) in [5, 5.41) is 7.86. The molecule has 0 spiro atoms. The lowest BCUT2D eigenvalue weighted by Gasteiger charge is -2.32. The smallest absolute Gasteiger partial charge is 0.141 e. The van der Waals surface area contributed by atoms with Crippen LogP contribution in [0.2, 0.25) is 0 Å².